The van der Waals surface area contributed by atoms with E-state index in [-0.39, 0.29) is 17.3 Å². The van der Waals surface area contributed by atoms with E-state index < -0.39 is 10.9 Å². The second kappa shape index (κ2) is 7.28. The van der Waals surface area contributed by atoms with Gasteiger partial charge < -0.3 is 14.2 Å². The summed E-state index contributed by atoms with van der Waals surface area (Å²) < 4.78 is 15.8. The van der Waals surface area contributed by atoms with Crippen molar-refractivity contribution >= 4 is 23.6 Å². The molecule has 0 radical (unpaired) electrons. The largest absolute Gasteiger partial charge is 0.493 e. The number of para-hydroxylation sites is 1. The molecule has 1 aliphatic heterocycles. The van der Waals surface area contributed by atoms with E-state index in [1.807, 2.05) is 0 Å². The second-order valence-corrected chi connectivity index (χ2v) is 5.68. The standard InChI is InChI=1S/C19H16N2O6/c1-11-7-8-13(10-15(11)21(23)24)18-20-14(19(22)27-18)9-12-5-4-6-16(25-2)17(12)26-3/h4-10H,1-3H3. The molecule has 3 rings (SSSR count). The molecule has 1 heterocycles. The summed E-state index contributed by atoms with van der Waals surface area (Å²) in [6.45, 7) is 1.63. The van der Waals surface area contributed by atoms with E-state index >= 15 is 0 Å². The SMILES string of the molecule is COc1cccc(C=C2N=C(c3ccc(C)c([N+](=O)[O-])c3)OC2=O)c1OC. The van der Waals surface area contributed by atoms with Gasteiger partial charge in [-0.1, -0.05) is 18.2 Å². The molecule has 0 aromatic heterocycles. The van der Waals surface area contributed by atoms with Gasteiger partial charge in [0, 0.05) is 22.8 Å². The smallest absolute Gasteiger partial charge is 0.363 e. The van der Waals surface area contributed by atoms with Crippen molar-refractivity contribution in [1.82, 2.24) is 0 Å². The molecule has 138 valence electrons. The molecule has 2 aromatic rings. The average Bonchev–Trinajstić information content (AvgIpc) is 3.02. The number of esters is 1. The van der Waals surface area contributed by atoms with E-state index in [1.165, 1.54) is 26.4 Å². The zero-order valence-electron chi connectivity index (χ0n) is 14.9. The lowest BCUT2D eigenvalue weighted by atomic mass is 10.1. The molecule has 27 heavy (non-hydrogen) atoms. The predicted molar refractivity (Wildman–Crippen MR) is 98.0 cm³/mol. The fraction of sp³-hybridized carbons (Fsp3) is 0.158. The molecule has 0 aliphatic carbocycles. The number of nitro groups is 1. The van der Waals surface area contributed by atoms with Crippen LogP contribution in [-0.4, -0.2) is 31.0 Å². The molecule has 1 aliphatic rings. The van der Waals surface area contributed by atoms with Gasteiger partial charge in [0.1, 0.15) is 0 Å². The van der Waals surface area contributed by atoms with Crippen LogP contribution in [0.2, 0.25) is 0 Å². The quantitative estimate of drug-likeness (QED) is 0.347. The fourth-order valence-electron chi connectivity index (χ4n) is 2.64. The summed E-state index contributed by atoms with van der Waals surface area (Å²) in [4.78, 5) is 27.0. The highest BCUT2D eigenvalue weighted by atomic mass is 16.6. The number of aryl methyl sites for hydroxylation is 1. The van der Waals surface area contributed by atoms with Gasteiger partial charge in [-0.15, -0.1) is 0 Å². The lowest BCUT2D eigenvalue weighted by Crippen LogP contribution is -2.06. The number of ether oxygens (including phenoxy) is 3. The monoisotopic (exact) mass is 368 g/mol. The van der Waals surface area contributed by atoms with Crippen molar-refractivity contribution < 1.29 is 23.9 Å². The van der Waals surface area contributed by atoms with Crippen molar-refractivity contribution in [3.8, 4) is 11.5 Å². The Labute approximate surface area is 154 Å². The Morgan fingerprint density at radius 2 is 1.96 bits per heavy atom. The van der Waals surface area contributed by atoms with Gasteiger partial charge >= 0.3 is 5.97 Å². The van der Waals surface area contributed by atoms with Crippen LogP contribution in [0.5, 0.6) is 11.5 Å². The molecule has 0 amide bonds. The molecule has 2 aromatic carbocycles. The van der Waals surface area contributed by atoms with Crippen LogP contribution in [0.1, 0.15) is 16.7 Å². The lowest BCUT2D eigenvalue weighted by Gasteiger charge is -2.09. The molecular formula is C19H16N2O6. The summed E-state index contributed by atoms with van der Waals surface area (Å²) >= 11 is 0. The third-order valence-electron chi connectivity index (χ3n) is 4.00. The Morgan fingerprint density at radius 3 is 2.63 bits per heavy atom. The summed E-state index contributed by atoms with van der Waals surface area (Å²) in [7, 11) is 3.01. The Balaban J connectivity index is 2.02. The van der Waals surface area contributed by atoms with Crippen molar-refractivity contribution in [3.05, 3.63) is 68.9 Å². The zero-order valence-corrected chi connectivity index (χ0v) is 14.9. The van der Waals surface area contributed by atoms with Crippen LogP contribution in [0.3, 0.4) is 0 Å². The number of carbonyl (C=O) groups is 1. The number of cyclic esters (lactones) is 1. The van der Waals surface area contributed by atoms with Crippen molar-refractivity contribution in [1.29, 1.82) is 0 Å². The normalized spacial score (nSPS) is 14.7. The Morgan fingerprint density at radius 1 is 1.19 bits per heavy atom. The number of hydrogen-bond donors (Lipinski definition) is 0. The van der Waals surface area contributed by atoms with Gasteiger partial charge in [-0.05, 0) is 25.1 Å². The van der Waals surface area contributed by atoms with Crippen LogP contribution in [0.25, 0.3) is 6.08 Å². The summed E-state index contributed by atoms with van der Waals surface area (Å²) in [5.41, 5.74) is 1.42. The first kappa shape index (κ1) is 18.1. The second-order valence-electron chi connectivity index (χ2n) is 5.68. The minimum atomic E-state index is -0.655. The third-order valence-corrected chi connectivity index (χ3v) is 4.00. The van der Waals surface area contributed by atoms with Gasteiger partial charge in [0.2, 0.25) is 5.90 Å². The average molecular weight is 368 g/mol. The highest BCUT2D eigenvalue weighted by Gasteiger charge is 2.26. The highest BCUT2D eigenvalue weighted by molar-refractivity contribution is 6.13. The van der Waals surface area contributed by atoms with Crippen LogP contribution in [0.4, 0.5) is 5.69 Å². The topological polar surface area (TPSA) is 100 Å². The van der Waals surface area contributed by atoms with E-state index in [0.717, 1.165) is 0 Å². The summed E-state index contributed by atoms with van der Waals surface area (Å²) in [5, 5.41) is 11.1. The molecule has 8 heteroatoms. The van der Waals surface area contributed by atoms with Gasteiger partial charge in [-0.25, -0.2) is 9.79 Å². The minimum Gasteiger partial charge on any atom is -0.493 e. The number of rotatable bonds is 5. The first-order chi connectivity index (χ1) is 12.9. The fourth-order valence-corrected chi connectivity index (χ4v) is 2.64. The molecule has 0 bridgehead atoms. The van der Waals surface area contributed by atoms with Gasteiger partial charge in [-0.3, -0.25) is 10.1 Å². The third kappa shape index (κ3) is 3.50. The van der Waals surface area contributed by atoms with Crippen molar-refractivity contribution in [2.75, 3.05) is 14.2 Å². The van der Waals surface area contributed by atoms with Crippen molar-refractivity contribution in [3.63, 3.8) is 0 Å². The molecule has 0 saturated heterocycles. The maximum Gasteiger partial charge on any atom is 0.363 e. The molecule has 8 nitrogen and oxygen atoms in total. The van der Waals surface area contributed by atoms with Crippen LogP contribution < -0.4 is 9.47 Å². The Hall–Kier alpha value is -3.68. The number of aliphatic imine (C=N–C) groups is 1. The molecule has 0 unspecified atom stereocenters. The highest BCUT2D eigenvalue weighted by Crippen LogP contribution is 2.33. The van der Waals surface area contributed by atoms with E-state index in [1.54, 1.807) is 37.3 Å². The first-order valence-electron chi connectivity index (χ1n) is 7.93. The number of nitro benzene ring substituents is 1. The van der Waals surface area contributed by atoms with E-state index in [9.17, 15) is 14.9 Å². The summed E-state index contributed by atoms with van der Waals surface area (Å²) in [5.74, 6) is 0.320. The first-order valence-corrected chi connectivity index (χ1v) is 7.93. The molecule has 0 fully saturated rings. The number of nitrogens with zero attached hydrogens (tertiary/aromatic N) is 2. The molecule has 0 atom stereocenters. The van der Waals surface area contributed by atoms with E-state index in [0.29, 0.717) is 28.2 Å². The van der Waals surface area contributed by atoms with Crippen LogP contribution >= 0.6 is 0 Å². The zero-order chi connectivity index (χ0) is 19.6. The van der Waals surface area contributed by atoms with Crippen LogP contribution in [-0.2, 0) is 9.53 Å². The van der Waals surface area contributed by atoms with Crippen molar-refractivity contribution in [2.24, 2.45) is 4.99 Å². The minimum absolute atomic E-state index is 0.0104. The van der Waals surface area contributed by atoms with Gasteiger partial charge in [0.15, 0.2) is 17.2 Å². The van der Waals surface area contributed by atoms with Gasteiger partial charge in [0.05, 0.1) is 19.1 Å². The Bertz CT molecular complexity index is 994. The van der Waals surface area contributed by atoms with E-state index in [4.69, 9.17) is 14.2 Å². The number of benzene rings is 2. The lowest BCUT2D eigenvalue weighted by molar-refractivity contribution is -0.385. The maximum absolute atomic E-state index is 12.2. The molecule has 0 N–H and O–H groups in total. The van der Waals surface area contributed by atoms with Gasteiger partial charge in [-0.2, -0.15) is 0 Å². The molecular weight excluding hydrogens is 352 g/mol. The maximum atomic E-state index is 12.2. The summed E-state index contributed by atoms with van der Waals surface area (Å²) in [6.07, 6.45) is 1.51. The van der Waals surface area contributed by atoms with Gasteiger partial charge in [0.25, 0.3) is 5.69 Å². The summed E-state index contributed by atoms with van der Waals surface area (Å²) in [6, 6.07) is 9.75. The number of carbonyl (C=O) groups excluding carboxylic acids is 1. The van der Waals surface area contributed by atoms with E-state index in [2.05, 4.69) is 4.99 Å². The van der Waals surface area contributed by atoms with Crippen LogP contribution in [0.15, 0.2) is 47.1 Å². The molecule has 0 spiro atoms. The number of hydrogen-bond acceptors (Lipinski definition) is 7. The van der Waals surface area contributed by atoms with Crippen LogP contribution in [0, 0.1) is 17.0 Å². The van der Waals surface area contributed by atoms with Crippen molar-refractivity contribution in [2.45, 2.75) is 6.92 Å². The predicted octanol–water partition coefficient (Wildman–Crippen LogP) is 3.26. The molecule has 0 saturated carbocycles. The Kier molecular flexibility index (Phi) is 4.89. The number of methoxy groups -OCH3 is 2.